The molecule has 0 aliphatic carbocycles. The van der Waals surface area contributed by atoms with Gasteiger partial charge in [0.25, 0.3) is 0 Å². The summed E-state index contributed by atoms with van der Waals surface area (Å²) < 4.78 is 12.5. The fourth-order valence-electron chi connectivity index (χ4n) is 3.24. The largest absolute Gasteiger partial charge is 1.00 e. The number of pyridine rings is 1. The van der Waals surface area contributed by atoms with Gasteiger partial charge in [-0.3, -0.25) is 4.79 Å². The number of hydrogen-bond donors (Lipinski definition) is 0. The second-order valence-corrected chi connectivity index (χ2v) is 7.39. The highest BCUT2D eigenvalue weighted by Crippen LogP contribution is 2.24. The number of carbonyl (C=O) groups excluding carboxylic acids is 1. The number of nitrogens with zero attached hydrogens (tertiary/aromatic N) is 1. The highest BCUT2D eigenvalue weighted by Gasteiger charge is 2.13. The number of benzene rings is 2. The Balaban J connectivity index is 0.00000289. The van der Waals surface area contributed by atoms with Crippen LogP contribution in [0.4, 0.5) is 0 Å². The molecule has 0 radical (unpaired) electrons. The van der Waals surface area contributed by atoms with Crippen molar-refractivity contribution in [1.29, 1.82) is 0 Å². The molecule has 0 saturated carbocycles. The Labute approximate surface area is 195 Å². The zero-order chi connectivity index (χ0) is 21.8. The van der Waals surface area contributed by atoms with Crippen LogP contribution in [-0.4, -0.2) is 12.9 Å². The number of fused-ring (bicyclic) bond motifs is 1. The normalized spacial score (nSPS) is 10.8. The molecule has 2 aromatic carbocycles. The molecule has 0 saturated heterocycles. The molecule has 32 heavy (non-hydrogen) atoms. The smallest absolute Gasteiger partial charge is 0.347 e. The van der Waals surface area contributed by atoms with Gasteiger partial charge in [0.1, 0.15) is 5.56 Å². The van der Waals surface area contributed by atoms with Gasteiger partial charge in [-0.05, 0) is 35.9 Å². The predicted molar refractivity (Wildman–Crippen MR) is 120 cm³/mol. The minimum atomic E-state index is -0.695. The van der Waals surface area contributed by atoms with Gasteiger partial charge in [0.15, 0.2) is 36.1 Å². The van der Waals surface area contributed by atoms with Gasteiger partial charge < -0.3 is 21.6 Å². The molecule has 0 spiro atoms. The lowest BCUT2D eigenvalue weighted by Gasteiger charge is -2.04. The topological polar surface area (TPSA) is 60.4 Å². The van der Waals surface area contributed by atoms with E-state index in [0.29, 0.717) is 28.3 Å². The Hall–Kier alpha value is -3.41. The lowest BCUT2D eigenvalue weighted by atomic mass is 10.1. The number of allylic oxidation sites excluding steroid dienone is 1. The second kappa shape index (κ2) is 10.3. The van der Waals surface area contributed by atoms with Crippen molar-refractivity contribution < 1.29 is 30.9 Å². The molecular weight excluding hydrogens is 449 g/mol. The number of methoxy groups -OCH3 is 1. The number of hydrogen-bond acceptors (Lipinski definition) is 4. The van der Waals surface area contributed by atoms with Gasteiger partial charge in [-0.15, -0.1) is 0 Å². The first-order valence-corrected chi connectivity index (χ1v) is 9.98. The summed E-state index contributed by atoms with van der Waals surface area (Å²) in [5.74, 6) is 0.0219. The van der Waals surface area contributed by atoms with Crippen molar-refractivity contribution >= 4 is 34.4 Å². The molecule has 4 rings (SSSR count). The second-order valence-electron chi connectivity index (χ2n) is 6.96. The van der Waals surface area contributed by atoms with Gasteiger partial charge in [-0.2, -0.15) is 0 Å². The summed E-state index contributed by atoms with van der Waals surface area (Å²) in [6.07, 6.45) is 6.87. The van der Waals surface area contributed by atoms with E-state index in [9.17, 15) is 9.59 Å². The first-order chi connectivity index (χ1) is 15.0. The van der Waals surface area contributed by atoms with Crippen LogP contribution in [0.1, 0.15) is 21.5 Å². The number of para-hydroxylation sites is 1. The lowest BCUT2D eigenvalue weighted by molar-refractivity contribution is -0.688. The van der Waals surface area contributed by atoms with Gasteiger partial charge >= 0.3 is 5.63 Å². The number of halogens is 2. The first kappa shape index (κ1) is 23.3. The SMILES string of the molecule is COc1cccc2cc(C(=O)/C=C/c3cc[n+](Cc4cccc(Cl)c4)cc3)c(=O)oc12.[Cl-]. The van der Waals surface area contributed by atoms with Crippen LogP contribution in [-0.2, 0) is 6.54 Å². The summed E-state index contributed by atoms with van der Waals surface area (Å²) in [7, 11) is 1.50. The monoisotopic (exact) mass is 467 g/mol. The van der Waals surface area contributed by atoms with Gasteiger partial charge in [-0.25, -0.2) is 9.36 Å². The molecule has 0 amide bonds. The summed E-state index contributed by atoms with van der Waals surface area (Å²) in [6.45, 7) is 0.686. The van der Waals surface area contributed by atoms with Crippen LogP contribution in [0.5, 0.6) is 5.75 Å². The molecule has 0 unspecified atom stereocenters. The Morgan fingerprint density at radius 1 is 1.09 bits per heavy atom. The summed E-state index contributed by atoms with van der Waals surface area (Å²) in [4.78, 5) is 24.9. The highest BCUT2D eigenvalue weighted by molar-refractivity contribution is 6.30. The van der Waals surface area contributed by atoms with Gasteiger partial charge in [0, 0.05) is 28.1 Å². The van der Waals surface area contributed by atoms with E-state index in [-0.39, 0.29) is 18.0 Å². The molecule has 2 heterocycles. The fraction of sp³-hybridized carbons (Fsp3) is 0.0800. The Bertz CT molecular complexity index is 1340. The summed E-state index contributed by atoms with van der Waals surface area (Å²) in [5.41, 5.74) is 1.53. The Kier molecular flexibility index (Phi) is 7.46. The van der Waals surface area contributed by atoms with E-state index in [0.717, 1.165) is 11.1 Å². The molecule has 0 N–H and O–H groups in total. The number of carbonyl (C=O) groups is 1. The number of ether oxygens (including phenoxy) is 1. The quantitative estimate of drug-likeness (QED) is 0.187. The van der Waals surface area contributed by atoms with Crippen LogP contribution in [0.3, 0.4) is 0 Å². The van der Waals surface area contributed by atoms with Gasteiger partial charge in [0.2, 0.25) is 0 Å². The van der Waals surface area contributed by atoms with E-state index in [1.165, 1.54) is 19.3 Å². The maximum Gasteiger partial charge on any atom is 0.347 e. The van der Waals surface area contributed by atoms with Crippen LogP contribution in [0.2, 0.25) is 5.02 Å². The molecule has 0 bridgehead atoms. The highest BCUT2D eigenvalue weighted by atomic mass is 35.5. The maximum atomic E-state index is 12.6. The molecule has 2 aromatic heterocycles. The predicted octanol–water partition coefficient (Wildman–Crippen LogP) is 1.69. The number of ketones is 1. The third-order valence-electron chi connectivity index (χ3n) is 4.81. The van der Waals surface area contributed by atoms with Gasteiger partial charge in [0.05, 0.1) is 7.11 Å². The third-order valence-corrected chi connectivity index (χ3v) is 5.04. The molecule has 0 atom stereocenters. The molecular formula is C25H19Cl2NO4. The molecule has 5 nitrogen and oxygen atoms in total. The van der Waals surface area contributed by atoms with E-state index in [1.807, 2.05) is 53.4 Å². The van der Waals surface area contributed by atoms with E-state index >= 15 is 0 Å². The fourth-order valence-corrected chi connectivity index (χ4v) is 3.46. The van der Waals surface area contributed by atoms with Crippen LogP contribution in [0.25, 0.3) is 17.0 Å². The van der Waals surface area contributed by atoms with Gasteiger partial charge in [-0.1, -0.05) is 41.9 Å². The summed E-state index contributed by atoms with van der Waals surface area (Å²) in [5, 5.41) is 1.32. The van der Waals surface area contributed by atoms with Crippen LogP contribution >= 0.6 is 11.6 Å². The molecule has 0 fully saturated rings. The molecule has 0 aliphatic heterocycles. The van der Waals surface area contributed by atoms with Crippen LogP contribution in [0.15, 0.2) is 88.3 Å². The van der Waals surface area contributed by atoms with Crippen molar-refractivity contribution in [3.8, 4) is 5.75 Å². The average Bonchev–Trinajstić information content (AvgIpc) is 2.77. The van der Waals surface area contributed by atoms with Crippen molar-refractivity contribution in [3.05, 3.63) is 111 Å². The van der Waals surface area contributed by atoms with E-state index < -0.39 is 11.4 Å². The van der Waals surface area contributed by atoms with Crippen molar-refractivity contribution in [1.82, 2.24) is 0 Å². The first-order valence-electron chi connectivity index (χ1n) is 9.60. The molecule has 4 aromatic rings. The molecule has 162 valence electrons. The van der Waals surface area contributed by atoms with E-state index in [2.05, 4.69) is 0 Å². The minimum absolute atomic E-state index is 0. The average molecular weight is 468 g/mol. The van der Waals surface area contributed by atoms with Crippen molar-refractivity contribution in [2.75, 3.05) is 7.11 Å². The summed E-state index contributed by atoms with van der Waals surface area (Å²) in [6, 6.07) is 18.2. The van der Waals surface area contributed by atoms with Crippen molar-refractivity contribution in [2.45, 2.75) is 6.54 Å². The minimum Gasteiger partial charge on any atom is -1.00 e. The van der Waals surface area contributed by atoms with E-state index in [1.54, 1.807) is 24.3 Å². The summed E-state index contributed by atoms with van der Waals surface area (Å²) >= 11 is 6.03. The standard InChI is InChI=1S/C25H19ClNO4.ClH/c1-30-23-7-3-5-19-15-21(25(29)31-24(19)23)22(28)9-8-17-10-12-27(13-11-17)16-18-4-2-6-20(26)14-18;/h2-15H,16H2,1H3;1H/q+1;/p-1/b9-8+;. The number of aromatic nitrogens is 1. The Morgan fingerprint density at radius 3 is 2.56 bits per heavy atom. The molecule has 7 heteroatoms. The zero-order valence-corrected chi connectivity index (χ0v) is 18.6. The number of rotatable bonds is 6. The van der Waals surface area contributed by atoms with Crippen molar-refractivity contribution in [3.63, 3.8) is 0 Å². The third kappa shape index (κ3) is 5.25. The van der Waals surface area contributed by atoms with E-state index in [4.69, 9.17) is 20.8 Å². The van der Waals surface area contributed by atoms with Crippen molar-refractivity contribution in [2.24, 2.45) is 0 Å². The Morgan fingerprint density at radius 2 is 1.84 bits per heavy atom. The maximum absolute atomic E-state index is 12.6. The molecule has 0 aliphatic rings. The zero-order valence-electron chi connectivity index (χ0n) is 17.1. The van der Waals surface area contributed by atoms with Crippen LogP contribution in [0, 0.1) is 0 Å². The lowest BCUT2D eigenvalue weighted by Crippen LogP contribution is -3.00. The van der Waals surface area contributed by atoms with Crippen LogP contribution < -0.4 is 27.3 Å².